The third-order valence-corrected chi connectivity index (χ3v) is 4.16. The number of hydrogen-bond donors (Lipinski definition) is 2. The largest absolute Gasteiger partial charge is 0.355 e. The summed E-state index contributed by atoms with van der Waals surface area (Å²) in [5.41, 5.74) is 0. The van der Waals surface area contributed by atoms with Crippen molar-refractivity contribution in [3.63, 3.8) is 0 Å². The molecule has 0 saturated heterocycles. The van der Waals surface area contributed by atoms with E-state index in [4.69, 9.17) is 0 Å². The van der Waals surface area contributed by atoms with Gasteiger partial charge in [0.05, 0.1) is 6.54 Å². The number of aliphatic imine (C=N–C) groups is 1. The monoisotopic (exact) mass is 412 g/mol. The average Bonchev–Trinajstić information content (AvgIpc) is 2.86. The average molecular weight is 412 g/mol. The Morgan fingerprint density at radius 2 is 2.15 bits per heavy atom. The smallest absolute Gasteiger partial charge is 0.191 e. The van der Waals surface area contributed by atoms with Gasteiger partial charge < -0.3 is 15.2 Å². The molecule has 0 aliphatic heterocycles. The summed E-state index contributed by atoms with van der Waals surface area (Å²) >= 11 is 1.83. The number of aryl methyl sites for hydroxylation is 1. The first kappa shape index (κ1) is 19.5. The van der Waals surface area contributed by atoms with Crippen molar-refractivity contribution >= 4 is 41.7 Å². The number of guanidine groups is 1. The van der Waals surface area contributed by atoms with Gasteiger partial charge in [0.1, 0.15) is 6.33 Å². The van der Waals surface area contributed by atoms with E-state index in [2.05, 4.69) is 52.9 Å². The maximum Gasteiger partial charge on any atom is 0.191 e. The number of thioether (sulfide) groups is 1. The SMILES string of the molecule is CCn1cnnc1CNC(=NC)NCC(C)(C)SC.I. The lowest BCUT2D eigenvalue weighted by molar-refractivity contribution is 0.645. The number of hydrogen-bond acceptors (Lipinski definition) is 4. The molecule has 0 aliphatic rings. The maximum atomic E-state index is 4.21. The van der Waals surface area contributed by atoms with E-state index in [9.17, 15) is 0 Å². The van der Waals surface area contributed by atoms with Crippen LogP contribution >= 0.6 is 35.7 Å². The zero-order valence-corrected chi connectivity index (χ0v) is 16.0. The maximum absolute atomic E-state index is 4.21. The number of halogens is 1. The summed E-state index contributed by atoms with van der Waals surface area (Å²) in [4.78, 5) is 4.21. The molecule has 0 amide bonds. The molecule has 1 aromatic rings. The first-order valence-corrected chi connectivity index (χ1v) is 7.61. The minimum absolute atomic E-state index is 0. The van der Waals surface area contributed by atoms with E-state index < -0.39 is 0 Å². The van der Waals surface area contributed by atoms with Crippen LogP contribution in [0.1, 0.15) is 26.6 Å². The Morgan fingerprint density at radius 1 is 1.45 bits per heavy atom. The zero-order chi connectivity index (χ0) is 14.3. The van der Waals surface area contributed by atoms with Gasteiger partial charge >= 0.3 is 0 Å². The topological polar surface area (TPSA) is 67.1 Å². The van der Waals surface area contributed by atoms with Gasteiger partial charge in [0.25, 0.3) is 0 Å². The standard InChI is InChI=1S/C12H24N6S.HI/c1-6-18-9-16-17-10(18)7-14-11(13-4)15-8-12(2,3)19-5;/h9H,6-8H2,1-5H3,(H2,13,14,15);1H. The molecule has 8 heteroatoms. The molecule has 0 radical (unpaired) electrons. The first-order chi connectivity index (χ1) is 9.02. The summed E-state index contributed by atoms with van der Waals surface area (Å²) in [5, 5.41) is 14.6. The van der Waals surface area contributed by atoms with Crippen molar-refractivity contribution in [3.8, 4) is 0 Å². The van der Waals surface area contributed by atoms with Gasteiger partial charge in [-0.1, -0.05) is 0 Å². The van der Waals surface area contributed by atoms with Crippen LogP contribution in [0.2, 0.25) is 0 Å². The Kier molecular flexibility index (Phi) is 9.19. The molecule has 0 fully saturated rings. The number of nitrogens with one attached hydrogen (secondary N) is 2. The molecule has 1 aromatic heterocycles. The van der Waals surface area contributed by atoms with Crippen LogP contribution in [0.5, 0.6) is 0 Å². The van der Waals surface area contributed by atoms with Crippen molar-refractivity contribution in [2.45, 2.75) is 38.6 Å². The quantitative estimate of drug-likeness (QED) is 0.423. The second-order valence-corrected chi connectivity index (χ2v) is 6.29. The van der Waals surface area contributed by atoms with Crippen molar-refractivity contribution in [1.29, 1.82) is 0 Å². The highest BCUT2D eigenvalue weighted by Crippen LogP contribution is 2.19. The minimum Gasteiger partial charge on any atom is -0.355 e. The van der Waals surface area contributed by atoms with Crippen LogP contribution in [0.3, 0.4) is 0 Å². The lowest BCUT2D eigenvalue weighted by Gasteiger charge is -2.23. The summed E-state index contributed by atoms with van der Waals surface area (Å²) in [5.74, 6) is 1.70. The Morgan fingerprint density at radius 3 is 2.70 bits per heavy atom. The Bertz CT molecular complexity index is 418. The van der Waals surface area contributed by atoms with E-state index in [1.807, 2.05) is 16.3 Å². The normalized spacial score (nSPS) is 11.9. The minimum atomic E-state index is 0. The lowest BCUT2D eigenvalue weighted by Crippen LogP contribution is -2.43. The van der Waals surface area contributed by atoms with Crippen LogP contribution in [0.25, 0.3) is 0 Å². The first-order valence-electron chi connectivity index (χ1n) is 6.38. The summed E-state index contributed by atoms with van der Waals surface area (Å²) in [6.45, 7) is 8.81. The fourth-order valence-electron chi connectivity index (χ4n) is 1.43. The van der Waals surface area contributed by atoms with Crippen LogP contribution in [0.4, 0.5) is 0 Å². The van der Waals surface area contributed by atoms with E-state index in [0.717, 1.165) is 24.9 Å². The summed E-state index contributed by atoms with van der Waals surface area (Å²) in [6, 6.07) is 0. The van der Waals surface area contributed by atoms with Crippen LogP contribution < -0.4 is 10.6 Å². The molecule has 0 aromatic carbocycles. The van der Waals surface area contributed by atoms with Gasteiger partial charge in [-0.25, -0.2) is 0 Å². The summed E-state index contributed by atoms with van der Waals surface area (Å²) in [7, 11) is 1.77. The third kappa shape index (κ3) is 6.29. The number of rotatable bonds is 6. The third-order valence-electron chi connectivity index (χ3n) is 2.91. The Hall–Kier alpha value is -0.510. The van der Waals surface area contributed by atoms with Gasteiger partial charge in [0.2, 0.25) is 0 Å². The van der Waals surface area contributed by atoms with E-state index in [1.54, 1.807) is 13.4 Å². The van der Waals surface area contributed by atoms with Gasteiger partial charge in [-0.2, -0.15) is 11.8 Å². The van der Waals surface area contributed by atoms with Crippen LogP contribution in [0.15, 0.2) is 11.3 Å². The molecule has 0 saturated carbocycles. The van der Waals surface area contributed by atoms with E-state index in [-0.39, 0.29) is 28.7 Å². The predicted octanol–water partition coefficient (Wildman–Crippen LogP) is 1.72. The molecule has 0 spiro atoms. The zero-order valence-electron chi connectivity index (χ0n) is 12.8. The second kappa shape index (κ2) is 9.43. The molecule has 1 heterocycles. The molecule has 20 heavy (non-hydrogen) atoms. The molecule has 0 unspecified atom stereocenters. The van der Waals surface area contributed by atoms with Crippen molar-refractivity contribution in [3.05, 3.63) is 12.2 Å². The number of aromatic nitrogens is 3. The predicted molar refractivity (Wildman–Crippen MR) is 96.9 cm³/mol. The molecule has 6 nitrogen and oxygen atoms in total. The van der Waals surface area contributed by atoms with Gasteiger partial charge in [0, 0.05) is 24.9 Å². The van der Waals surface area contributed by atoms with Gasteiger partial charge in [-0.3, -0.25) is 4.99 Å². The molecule has 0 atom stereocenters. The molecule has 0 bridgehead atoms. The highest BCUT2D eigenvalue weighted by molar-refractivity contribution is 14.0. The van der Waals surface area contributed by atoms with E-state index in [0.29, 0.717) is 6.54 Å². The van der Waals surface area contributed by atoms with E-state index in [1.165, 1.54) is 0 Å². The Balaban J connectivity index is 0.00000361. The van der Waals surface area contributed by atoms with Gasteiger partial charge in [-0.15, -0.1) is 34.2 Å². The molecule has 0 aliphatic carbocycles. The lowest BCUT2D eigenvalue weighted by atomic mass is 10.2. The fraction of sp³-hybridized carbons (Fsp3) is 0.750. The fourth-order valence-corrected chi connectivity index (χ4v) is 1.65. The molecular weight excluding hydrogens is 387 g/mol. The summed E-state index contributed by atoms with van der Waals surface area (Å²) in [6.07, 6.45) is 3.85. The molecular formula is C12H25IN6S. The van der Waals surface area contributed by atoms with Crippen molar-refractivity contribution < 1.29 is 0 Å². The second-order valence-electron chi connectivity index (χ2n) is 4.78. The van der Waals surface area contributed by atoms with Gasteiger partial charge in [-0.05, 0) is 27.0 Å². The molecule has 1 rings (SSSR count). The molecule has 2 N–H and O–H groups in total. The van der Waals surface area contributed by atoms with Gasteiger partial charge in [0.15, 0.2) is 11.8 Å². The van der Waals surface area contributed by atoms with E-state index >= 15 is 0 Å². The van der Waals surface area contributed by atoms with Crippen molar-refractivity contribution in [2.24, 2.45) is 4.99 Å². The van der Waals surface area contributed by atoms with Crippen molar-refractivity contribution in [2.75, 3.05) is 19.8 Å². The highest BCUT2D eigenvalue weighted by atomic mass is 127. The van der Waals surface area contributed by atoms with Crippen LogP contribution in [-0.2, 0) is 13.1 Å². The summed E-state index contributed by atoms with van der Waals surface area (Å²) < 4.78 is 2.19. The highest BCUT2D eigenvalue weighted by Gasteiger charge is 2.16. The van der Waals surface area contributed by atoms with Crippen LogP contribution in [0, 0.1) is 0 Å². The molecule has 116 valence electrons. The van der Waals surface area contributed by atoms with Crippen LogP contribution in [-0.4, -0.2) is 45.3 Å². The van der Waals surface area contributed by atoms with Crippen molar-refractivity contribution in [1.82, 2.24) is 25.4 Å². The number of nitrogens with zero attached hydrogens (tertiary/aromatic N) is 4. The Labute approximate surface area is 142 Å².